The van der Waals surface area contributed by atoms with Crippen molar-refractivity contribution in [1.29, 1.82) is 0 Å². The van der Waals surface area contributed by atoms with Gasteiger partial charge in [0.2, 0.25) is 5.78 Å². The standard InChI is InChI=1S/C19H14F3NO3/c1-11(17(24)15-10-23-16-5-3-2-4-14(15)16)26-18(25)12-6-8-13(9-7-12)19(20,21)22/h2-11,23H,1H3/t11-/m0/s1. The number of ether oxygens (including phenoxy) is 1. The molecule has 1 heterocycles. The third-order valence-corrected chi connectivity index (χ3v) is 3.96. The molecule has 0 spiro atoms. The number of alkyl halides is 3. The van der Waals surface area contributed by atoms with Gasteiger partial charge in [-0.05, 0) is 37.3 Å². The average molecular weight is 361 g/mol. The van der Waals surface area contributed by atoms with Gasteiger partial charge >= 0.3 is 12.1 Å². The summed E-state index contributed by atoms with van der Waals surface area (Å²) in [6, 6.07) is 10.8. The number of ketones is 1. The van der Waals surface area contributed by atoms with Gasteiger partial charge in [-0.3, -0.25) is 4.79 Å². The first-order valence-corrected chi connectivity index (χ1v) is 7.76. The van der Waals surface area contributed by atoms with Crippen molar-refractivity contribution >= 4 is 22.7 Å². The molecule has 1 aromatic heterocycles. The van der Waals surface area contributed by atoms with Crippen LogP contribution in [0.1, 0.15) is 33.2 Å². The van der Waals surface area contributed by atoms with Crippen LogP contribution in [0.3, 0.4) is 0 Å². The van der Waals surface area contributed by atoms with Crippen LogP contribution in [0.15, 0.2) is 54.7 Å². The number of aromatic amines is 1. The molecule has 0 unspecified atom stereocenters. The van der Waals surface area contributed by atoms with Crippen molar-refractivity contribution in [3.8, 4) is 0 Å². The van der Waals surface area contributed by atoms with Crippen LogP contribution >= 0.6 is 0 Å². The summed E-state index contributed by atoms with van der Waals surface area (Å²) in [5.41, 5.74) is 0.235. The van der Waals surface area contributed by atoms with Gasteiger partial charge < -0.3 is 9.72 Å². The second-order valence-electron chi connectivity index (χ2n) is 5.73. The molecular formula is C19H14F3NO3. The Hall–Kier alpha value is -3.09. The molecule has 7 heteroatoms. The monoisotopic (exact) mass is 361 g/mol. The van der Waals surface area contributed by atoms with E-state index in [-0.39, 0.29) is 5.56 Å². The number of aromatic nitrogens is 1. The predicted molar refractivity (Wildman–Crippen MR) is 89.0 cm³/mol. The van der Waals surface area contributed by atoms with Crippen molar-refractivity contribution in [3.05, 3.63) is 71.4 Å². The first-order chi connectivity index (χ1) is 12.3. The van der Waals surface area contributed by atoms with Gasteiger partial charge in [0.15, 0.2) is 6.10 Å². The van der Waals surface area contributed by atoms with Gasteiger partial charge in [-0.1, -0.05) is 18.2 Å². The highest BCUT2D eigenvalue weighted by atomic mass is 19.4. The molecule has 0 aliphatic heterocycles. The number of esters is 1. The van der Waals surface area contributed by atoms with Crippen LogP contribution in [0.5, 0.6) is 0 Å². The molecule has 0 saturated heterocycles. The lowest BCUT2D eigenvalue weighted by atomic mass is 10.1. The minimum absolute atomic E-state index is 0.0587. The van der Waals surface area contributed by atoms with Crippen molar-refractivity contribution in [2.45, 2.75) is 19.2 Å². The van der Waals surface area contributed by atoms with E-state index in [1.165, 1.54) is 13.1 Å². The Morgan fingerprint density at radius 3 is 2.35 bits per heavy atom. The third-order valence-electron chi connectivity index (χ3n) is 3.96. The number of para-hydroxylation sites is 1. The molecule has 1 N–H and O–H groups in total. The quantitative estimate of drug-likeness (QED) is 0.545. The topological polar surface area (TPSA) is 59.2 Å². The Bertz CT molecular complexity index is 958. The van der Waals surface area contributed by atoms with Gasteiger partial charge in [0.05, 0.1) is 11.1 Å². The highest BCUT2D eigenvalue weighted by Crippen LogP contribution is 2.29. The minimum Gasteiger partial charge on any atom is -0.451 e. The number of nitrogens with one attached hydrogen (secondary N) is 1. The van der Waals surface area contributed by atoms with Crippen molar-refractivity contribution in [1.82, 2.24) is 4.98 Å². The molecule has 3 rings (SSSR count). The molecule has 0 amide bonds. The molecule has 0 saturated carbocycles. The van der Waals surface area contributed by atoms with Crippen molar-refractivity contribution in [2.75, 3.05) is 0 Å². The fourth-order valence-corrected chi connectivity index (χ4v) is 2.57. The number of fused-ring (bicyclic) bond motifs is 1. The number of benzene rings is 2. The molecule has 0 radical (unpaired) electrons. The molecule has 134 valence electrons. The Labute approximate surface area is 146 Å². The lowest BCUT2D eigenvalue weighted by Gasteiger charge is -2.12. The maximum Gasteiger partial charge on any atom is 0.416 e. The van der Waals surface area contributed by atoms with Crippen LogP contribution in [-0.4, -0.2) is 22.8 Å². The lowest BCUT2D eigenvalue weighted by Crippen LogP contribution is -2.24. The molecule has 2 aromatic carbocycles. The smallest absolute Gasteiger partial charge is 0.416 e. The largest absolute Gasteiger partial charge is 0.451 e. The average Bonchev–Trinajstić information content (AvgIpc) is 3.04. The summed E-state index contributed by atoms with van der Waals surface area (Å²) < 4.78 is 42.8. The Balaban J connectivity index is 1.73. The van der Waals surface area contributed by atoms with Crippen molar-refractivity contribution in [3.63, 3.8) is 0 Å². The van der Waals surface area contributed by atoms with Crippen LogP contribution in [0.25, 0.3) is 10.9 Å². The number of hydrogen-bond donors (Lipinski definition) is 1. The fraction of sp³-hybridized carbons (Fsp3) is 0.158. The molecule has 0 bridgehead atoms. The summed E-state index contributed by atoms with van der Waals surface area (Å²) in [6.07, 6.45) is -4.03. The second-order valence-corrected chi connectivity index (χ2v) is 5.73. The van der Waals surface area contributed by atoms with Crippen LogP contribution in [0.2, 0.25) is 0 Å². The summed E-state index contributed by atoms with van der Waals surface area (Å²) in [7, 11) is 0. The maximum atomic E-state index is 12.6. The summed E-state index contributed by atoms with van der Waals surface area (Å²) in [4.78, 5) is 27.6. The third kappa shape index (κ3) is 3.46. The lowest BCUT2D eigenvalue weighted by molar-refractivity contribution is -0.137. The molecule has 1 atom stereocenters. The van der Waals surface area contributed by atoms with E-state index in [1.54, 1.807) is 12.1 Å². The minimum atomic E-state index is -4.49. The van der Waals surface area contributed by atoms with Crippen molar-refractivity contribution < 1.29 is 27.5 Å². The number of carbonyl (C=O) groups is 2. The Morgan fingerprint density at radius 1 is 1.04 bits per heavy atom. The van der Waals surface area contributed by atoms with Crippen LogP contribution in [0.4, 0.5) is 13.2 Å². The summed E-state index contributed by atoms with van der Waals surface area (Å²) in [6.45, 7) is 1.42. The van der Waals surface area contributed by atoms with Crippen LogP contribution in [-0.2, 0) is 10.9 Å². The number of hydrogen-bond acceptors (Lipinski definition) is 3. The van der Waals surface area contributed by atoms with E-state index in [9.17, 15) is 22.8 Å². The molecule has 4 nitrogen and oxygen atoms in total. The number of H-pyrrole nitrogens is 1. The van der Waals surface area contributed by atoms with E-state index in [0.717, 1.165) is 29.8 Å². The zero-order chi connectivity index (χ0) is 18.9. The Morgan fingerprint density at radius 2 is 1.69 bits per heavy atom. The van der Waals surface area contributed by atoms with Gasteiger partial charge in [0.1, 0.15) is 0 Å². The molecule has 0 aliphatic rings. The van der Waals surface area contributed by atoms with E-state index < -0.39 is 29.6 Å². The van der Waals surface area contributed by atoms with Crippen LogP contribution < -0.4 is 0 Å². The van der Waals surface area contributed by atoms with Gasteiger partial charge in [-0.2, -0.15) is 13.2 Å². The van der Waals surface area contributed by atoms with Crippen LogP contribution in [0, 0.1) is 0 Å². The first kappa shape index (κ1) is 17.7. The molecule has 0 aliphatic carbocycles. The fourth-order valence-electron chi connectivity index (χ4n) is 2.57. The van der Waals surface area contributed by atoms with E-state index in [4.69, 9.17) is 4.74 Å². The molecule has 0 fully saturated rings. The number of halogens is 3. The zero-order valence-corrected chi connectivity index (χ0v) is 13.6. The van der Waals surface area contributed by atoms with Gasteiger partial charge in [0.25, 0.3) is 0 Å². The zero-order valence-electron chi connectivity index (χ0n) is 13.6. The summed E-state index contributed by atoms with van der Waals surface area (Å²) in [5.74, 6) is -1.26. The van der Waals surface area contributed by atoms with Crippen molar-refractivity contribution in [2.24, 2.45) is 0 Å². The normalized spacial score (nSPS) is 12.8. The summed E-state index contributed by atoms with van der Waals surface area (Å²) in [5, 5.41) is 0.704. The maximum absolute atomic E-state index is 12.6. The van der Waals surface area contributed by atoms with E-state index >= 15 is 0 Å². The molecule has 26 heavy (non-hydrogen) atoms. The predicted octanol–water partition coefficient (Wildman–Crippen LogP) is 4.61. The second kappa shape index (κ2) is 6.67. The highest BCUT2D eigenvalue weighted by Gasteiger charge is 2.30. The van der Waals surface area contributed by atoms with E-state index in [1.807, 2.05) is 12.1 Å². The Kier molecular flexibility index (Phi) is 4.54. The van der Waals surface area contributed by atoms with E-state index in [0.29, 0.717) is 10.9 Å². The molecule has 3 aromatic rings. The molecular weight excluding hydrogens is 347 g/mol. The number of Topliss-reactive ketones (excluding diaryl/α,β-unsaturated/α-hetero) is 1. The van der Waals surface area contributed by atoms with E-state index in [2.05, 4.69) is 4.98 Å². The number of rotatable bonds is 4. The summed E-state index contributed by atoms with van der Waals surface area (Å²) >= 11 is 0. The van der Waals surface area contributed by atoms with Gasteiger partial charge in [-0.25, -0.2) is 4.79 Å². The SMILES string of the molecule is C[C@H](OC(=O)c1ccc(C(F)(F)F)cc1)C(=O)c1c[nH]c2ccccc12. The van der Waals surface area contributed by atoms with Gasteiger partial charge in [0, 0.05) is 22.7 Å². The first-order valence-electron chi connectivity index (χ1n) is 7.76. The highest BCUT2D eigenvalue weighted by molar-refractivity contribution is 6.10. The number of carbonyl (C=O) groups excluding carboxylic acids is 2. The van der Waals surface area contributed by atoms with Gasteiger partial charge in [-0.15, -0.1) is 0 Å².